The van der Waals surface area contributed by atoms with Crippen LogP contribution >= 0.6 is 0 Å². The van der Waals surface area contributed by atoms with Crippen LogP contribution in [0.15, 0.2) is 47.4 Å². The summed E-state index contributed by atoms with van der Waals surface area (Å²) in [7, 11) is -2.39. The molecular formula is C25H28N2O5S. The van der Waals surface area contributed by atoms with Crippen molar-refractivity contribution < 1.29 is 22.7 Å². The molecule has 2 atom stereocenters. The number of hydrogen-bond acceptors (Lipinski definition) is 5. The maximum Gasteiger partial charge on any atom is 0.247 e. The van der Waals surface area contributed by atoms with E-state index < -0.39 is 10.0 Å². The molecule has 8 heteroatoms. The van der Waals surface area contributed by atoms with E-state index >= 15 is 0 Å². The van der Waals surface area contributed by atoms with Gasteiger partial charge in [0.05, 0.1) is 25.5 Å². The van der Waals surface area contributed by atoms with Crippen LogP contribution in [0.1, 0.15) is 42.4 Å². The Hall–Kier alpha value is -2.71. The zero-order valence-corrected chi connectivity index (χ0v) is 19.5. The molecule has 0 radical (unpaired) electrons. The smallest absolute Gasteiger partial charge is 0.247 e. The van der Waals surface area contributed by atoms with Gasteiger partial charge in [-0.1, -0.05) is 43.2 Å². The van der Waals surface area contributed by atoms with Crippen LogP contribution in [0.2, 0.25) is 0 Å². The Morgan fingerprint density at radius 2 is 1.64 bits per heavy atom. The Morgan fingerprint density at radius 1 is 0.970 bits per heavy atom. The van der Waals surface area contributed by atoms with Gasteiger partial charge in [-0.25, -0.2) is 8.42 Å². The van der Waals surface area contributed by atoms with Crippen LogP contribution in [0, 0.1) is 11.8 Å². The van der Waals surface area contributed by atoms with Gasteiger partial charge in [0.1, 0.15) is 10.6 Å². The maximum absolute atomic E-state index is 13.6. The Kier molecular flexibility index (Phi) is 5.74. The summed E-state index contributed by atoms with van der Waals surface area (Å²) in [6.45, 7) is 0.775. The summed E-state index contributed by atoms with van der Waals surface area (Å²) in [4.78, 5) is 27.1. The number of amides is 2. The Bertz CT molecular complexity index is 1190. The van der Waals surface area contributed by atoms with Crippen molar-refractivity contribution in [2.24, 2.45) is 11.8 Å². The summed E-state index contributed by atoms with van der Waals surface area (Å²) in [5.74, 6) is -0.442. The molecule has 2 aliphatic heterocycles. The second kappa shape index (κ2) is 8.57. The monoisotopic (exact) mass is 468 g/mol. The van der Waals surface area contributed by atoms with Gasteiger partial charge in [0.15, 0.2) is 0 Å². The summed E-state index contributed by atoms with van der Waals surface area (Å²) in [6, 6.07) is 12.8. The first-order chi connectivity index (χ1) is 15.9. The zero-order chi connectivity index (χ0) is 23.2. The van der Waals surface area contributed by atoms with Gasteiger partial charge in [-0.15, -0.1) is 0 Å². The van der Waals surface area contributed by atoms with E-state index in [4.69, 9.17) is 4.74 Å². The van der Waals surface area contributed by atoms with E-state index in [2.05, 4.69) is 0 Å². The number of fused-ring (bicyclic) bond motifs is 2. The van der Waals surface area contributed by atoms with Gasteiger partial charge in [-0.05, 0) is 48.1 Å². The maximum atomic E-state index is 13.6. The minimum atomic E-state index is -3.83. The molecule has 0 bridgehead atoms. The molecule has 1 saturated carbocycles. The van der Waals surface area contributed by atoms with E-state index in [9.17, 15) is 18.0 Å². The van der Waals surface area contributed by atoms with Crippen molar-refractivity contribution in [3.63, 3.8) is 0 Å². The summed E-state index contributed by atoms with van der Waals surface area (Å²) in [6.07, 6.45) is 4.10. The van der Waals surface area contributed by atoms with Gasteiger partial charge < -0.3 is 4.74 Å². The molecule has 2 unspecified atom stereocenters. The summed E-state index contributed by atoms with van der Waals surface area (Å²) in [5.41, 5.74) is 2.77. The third-order valence-electron chi connectivity index (χ3n) is 7.21. The molecule has 33 heavy (non-hydrogen) atoms. The van der Waals surface area contributed by atoms with Crippen LogP contribution in [-0.4, -0.2) is 43.1 Å². The number of carbonyl (C=O) groups excluding carboxylic acids is 2. The van der Waals surface area contributed by atoms with Crippen molar-refractivity contribution >= 4 is 21.8 Å². The molecule has 2 heterocycles. The third-order valence-corrected chi connectivity index (χ3v) is 9.08. The number of hydrogen-bond donors (Lipinski definition) is 0. The standard InChI is InChI=1S/C25H28N2O5S/c1-32-22-11-10-17(15-27-24(28)20-8-4-5-9-21(20)25(27)29)14-23(22)33(30,31)26-13-12-18-6-2-3-7-19(18)16-26/h2-3,6-7,10-11,14,20-21H,4-5,8-9,12-13,15-16H2,1H3. The fourth-order valence-corrected chi connectivity index (χ4v) is 7.03. The Morgan fingerprint density at radius 3 is 2.30 bits per heavy atom. The fourth-order valence-electron chi connectivity index (χ4n) is 5.40. The van der Waals surface area contributed by atoms with Crippen molar-refractivity contribution in [3.05, 3.63) is 59.2 Å². The molecular weight excluding hydrogens is 440 g/mol. The van der Waals surface area contributed by atoms with Gasteiger partial charge in [-0.2, -0.15) is 4.31 Å². The van der Waals surface area contributed by atoms with Crippen LogP contribution < -0.4 is 4.74 Å². The van der Waals surface area contributed by atoms with Crippen LogP contribution in [0.3, 0.4) is 0 Å². The lowest BCUT2D eigenvalue weighted by molar-refractivity contribution is -0.140. The van der Waals surface area contributed by atoms with Gasteiger partial charge in [0.2, 0.25) is 21.8 Å². The Balaban J connectivity index is 1.43. The van der Waals surface area contributed by atoms with Crippen molar-refractivity contribution in [2.45, 2.75) is 50.1 Å². The summed E-state index contributed by atoms with van der Waals surface area (Å²) < 4.78 is 34.0. The van der Waals surface area contributed by atoms with E-state index in [1.807, 2.05) is 24.3 Å². The normalized spacial score (nSPS) is 23.4. The van der Waals surface area contributed by atoms with Crippen molar-refractivity contribution in [1.29, 1.82) is 0 Å². The number of methoxy groups -OCH3 is 1. The molecule has 1 aliphatic carbocycles. The third kappa shape index (κ3) is 3.85. The Labute approximate surface area is 194 Å². The fraction of sp³-hybridized carbons (Fsp3) is 0.440. The van der Waals surface area contributed by atoms with Gasteiger partial charge in [0, 0.05) is 13.1 Å². The predicted octanol–water partition coefficient (Wildman–Crippen LogP) is 3.12. The molecule has 7 nitrogen and oxygen atoms in total. The molecule has 2 fully saturated rings. The molecule has 0 aromatic heterocycles. The van der Waals surface area contributed by atoms with E-state index in [1.165, 1.54) is 16.3 Å². The number of rotatable bonds is 5. The SMILES string of the molecule is COc1ccc(CN2C(=O)C3CCCCC3C2=O)cc1S(=O)(=O)N1CCc2ccccc2C1. The number of sulfonamides is 1. The molecule has 0 N–H and O–H groups in total. The highest BCUT2D eigenvalue weighted by Gasteiger charge is 2.48. The quantitative estimate of drug-likeness (QED) is 0.630. The first-order valence-corrected chi connectivity index (χ1v) is 12.9. The first kappa shape index (κ1) is 22.1. The lowest BCUT2D eigenvalue weighted by Crippen LogP contribution is -2.36. The summed E-state index contributed by atoms with van der Waals surface area (Å²) in [5, 5.41) is 0. The van der Waals surface area contributed by atoms with Gasteiger partial charge >= 0.3 is 0 Å². The number of ether oxygens (including phenoxy) is 1. The largest absolute Gasteiger partial charge is 0.495 e. The zero-order valence-electron chi connectivity index (χ0n) is 18.7. The average molecular weight is 469 g/mol. The van der Waals surface area contributed by atoms with Crippen molar-refractivity contribution in [2.75, 3.05) is 13.7 Å². The van der Waals surface area contributed by atoms with Gasteiger partial charge in [0.25, 0.3) is 0 Å². The molecule has 174 valence electrons. The average Bonchev–Trinajstić information content (AvgIpc) is 3.08. The number of nitrogens with zero attached hydrogens (tertiary/aromatic N) is 2. The topological polar surface area (TPSA) is 84.0 Å². The molecule has 2 aromatic carbocycles. The van der Waals surface area contributed by atoms with E-state index in [-0.39, 0.29) is 40.8 Å². The molecule has 5 rings (SSSR count). The minimum Gasteiger partial charge on any atom is -0.495 e. The molecule has 2 amide bonds. The number of likely N-dealkylation sites (tertiary alicyclic amines) is 1. The van der Waals surface area contributed by atoms with Crippen molar-refractivity contribution in [1.82, 2.24) is 9.21 Å². The molecule has 2 aromatic rings. The lowest BCUT2D eigenvalue weighted by atomic mass is 9.81. The van der Waals surface area contributed by atoms with E-state index in [0.717, 1.165) is 36.8 Å². The first-order valence-electron chi connectivity index (χ1n) is 11.5. The molecule has 1 saturated heterocycles. The van der Waals surface area contributed by atoms with Gasteiger partial charge in [-0.3, -0.25) is 14.5 Å². The van der Waals surface area contributed by atoms with Crippen LogP contribution in [0.25, 0.3) is 0 Å². The second-order valence-electron chi connectivity index (χ2n) is 9.10. The highest BCUT2D eigenvalue weighted by atomic mass is 32.2. The number of benzene rings is 2. The summed E-state index contributed by atoms with van der Waals surface area (Å²) >= 11 is 0. The highest BCUT2D eigenvalue weighted by molar-refractivity contribution is 7.89. The number of carbonyl (C=O) groups is 2. The second-order valence-corrected chi connectivity index (χ2v) is 11.0. The molecule has 0 spiro atoms. The van der Waals surface area contributed by atoms with Crippen LogP contribution in [0.4, 0.5) is 0 Å². The number of imide groups is 1. The highest BCUT2D eigenvalue weighted by Crippen LogP contribution is 2.39. The lowest BCUT2D eigenvalue weighted by Gasteiger charge is -2.28. The van der Waals surface area contributed by atoms with Crippen LogP contribution in [-0.2, 0) is 39.1 Å². The van der Waals surface area contributed by atoms with Crippen LogP contribution in [0.5, 0.6) is 5.75 Å². The molecule has 3 aliphatic rings. The van der Waals surface area contributed by atoms with E-state index in [0.29, 0.717) is 25.1 Å². The predicted molar refractivity (Wildman–Crippen MR) is 122 cm³/mol. The van der Waals surface area contributed by atoms with Crippen molar-refractivity contribution in [3.8, 4) is 5.75 Å². The minimum absolute atomic E-state index is 0.0680. The van der Waals surface area contributed by atoms with E-state index in [1.54, 1.807) is 18.2 Å².